The van der Waals surface area contributed by atoms with Gasteiger partial charge in [-0.25, -0.2) is 0 Å². The molecule has 18 heavy (non-hydrogen) atoms. The summed E-state index contributed by atoms with van der Waals surface area (Å²) in [6.07, 6.45) is 1.30. The van der Waals surface area contributed by atoms with Crippen molar-refractivity contribution in [1.29, 1.82) is 0 Å². The van der Waals surface area contributed by atoms with Gasteiger partial charge in [-0.3, -0.25) is 0 Å². The molecule has 2 aromatic rings. The summed E-state index contributed by atoms with van der Waals surface area (Å²) in [5, 5.41) is 14.4. The number of fused-ring (bicyclic) bond motifs is 1. The average Bonchev–Trinajstić information content (AvgIpc) is 2.91. The third kappa shape index (κ3) is 2.42. The minimum absolute atomic E-state index is 0.194. The molecule has 0 saturated heterocycles. The summed E-state index contributed by atoms with van der Waals surface area (Å²) in [4.78, 5) is 0. The number of hydrogen-bond donors (Lipinski definition) is 1. The number of ether oxygens (including phenoxy) is 1. The van der Waals surface area contributed by atoms with Gasteiger partial charge in [0.2, 0.25) is 0 Å². The van der Waals surface area contributed by atoms with Gasteiger partial charge in [0.25, 0.3) is 0 Å². The number of aliphatic hydroxyl groups excluding tert-OH is 1. The molecular weight excluding hydrogens is 244 g/mol. The summed E-state index contributed by atoms with van der Waals surface area (Å²) in [7, 11) is 0. The molecule has 0 bridgehead atoms. The van der Waals surface area contributed by atoms with Crippen molar-refractivity contribution in [3.8, 4) is 5.75 Å². The highest BCUT2D eigenvalue weighted by atomic mass is 32.1. The van der Waals surface area contributed by atoms with Gasteiger partial charge in [0.05, 0.1) is 12.7 Å². The SMILES string of the molecule is OC(Cc1ccsc1)C1COc2ccccc2C1. The maximum Gasteiger partial charge on any atom is 0.122 e. The number of para-hydroxylation sites is 1. The van der Waals surface area contributed by atoms with Crippen molar-refractivity contribution in [3.05, 3.63) is 52.2 Å². The quantitative estimate of drug-likeness (QED) is 0.919. The minimum Gasteiger partial charge on any atom is -0.493 e. The van der Waals surface area contributed by atoms with Crippen LogP contribution in [-0.2, 0) is 12.8 Å². The summed E-state index contributed by atoms with van der Waals surface area (Å²) in [6.45, 7) is 0.613. The summed E-state index contributed by atoms with van der Waals surface area (Å²) in [5.41, 5.74) is 2.42. The predicted octanol–water partition coefficient (Wildman–Crippen LogP) is 2.90. The first-order valence-corrected chi connectivity index (χ1v) is 7.17. The third-order valence-electron chi connectivity index (χ3n) is 3.48. The zero-order valence-electron chi connectivity index (χ0n) is 10.1. The van der Waals surface area contributed by atoms with Crippen LogP contribution in [0.5, 0.6) is 5.75 Å². The monoisotopic (exact) mass is 260 g/mol. The molecule has 0 radical (unpaired) electrons. The van der Waals surface area contributed by atoms with Gasteiger partial charge in [-0.05, 0) is 46.9 Å². The lowest BCUT2D eigenvalue weighted by atomic mass is 9.89. The molecule has 1 N–H and O–H groups in total. The number of benzene rings is 1. The van der Waals surface area contributed by atoms with E-state index in [4.69, 9.17) is 4.74 Å². The van der Waals surface area contributed by atoms with Crippen LogP contribution in [0.25, 0.3) is 0 Å². The molecule has 3 rings (SSSR count). The lowest BCUT2D eigenvalue weighted by Gasteiger charge is -2.28. The zero-order chi connectivity index (χ0) is 12.4. The van der Waals surface area contributed by atoms with Crippen LogP contribution in [0.15, 0.2) is 41.1 Å². The molecule has 0 amide bonds. The number of hydrogen-bond acceptors (Lipinski definition) is 3. The fourth-order valence-corrected chi connectivity index (χ4v) is 3.10. The Balaban J connectivity index is 1.68. The third-order valence-corrected chi connectivity index (χ3v) is 4.21. The van der Waals surface area contributed by atoms with Crippen molar-refractivity contribution in [1.82, 2.24) is 0 Å². The van der Waals surface area contributed by atoms with Crippen LogP contribution in [0.2, 0.25) is 0 Å². The second-order valence-electron chi connectivity index (χ2n) is 4.79. The van der Waals surface area contributed by atoms with E-state index >= 15 is 0 Å². The molecule has 2 unspecified atom stereocenters. The fraction of sp³-hybridized carbons (Fsp3) is 0.333. The van der Waals surface area contributed by atoms with Crippen molar-refractivity contribution >= 4 is 11.3 Å². The molecule has 94 valence electrons. The van der Waals surface area contributed by atoms with Gasteiger partial charge in [0.1, 0.15) is 5.75 Å². The molecule has 1 aromatic carbocycles. The molecule has 0 saturated carbocycles. The summed E-state index contributed by atoms with van der Waals surface area (Å²) >= 11 is 1.67. The van der Waals surface area contributed by atoms with E-state index < -0.39 is 0 Å². The van der Waals surface area contributed by atoms with E-state index in [-0.39, 0.29) is 12.0 Å². The first kappa shape index (κ1) is 11.8. The molecule has 1 aliphatic rings. The predicted molar refractivity (Wildman–Crippen MR) is 73.2 cm³/mol. The second-order valence-corrected chi connectivity index (χ2v) is 5.57. The van der Waals surface area contributed by atoms with Crippen LogP contribution < -0.4 is 4.74 Å². The van der Waals surface area contributed by atoms with E-state index in [0.717, 1.165) is 18.6 Å². The first-order valence-electron chi connectivity index (χ1n) is 6.23. The molecule has 1 aliphatic heterocycles. The normalized spacial score (nSPS) is 19.9. The summed E-state index contributed by atoms with van der Waals surface area (Å²) in [6, 6.07) is 10.2. The maximum atomic E-state index is 10.3. The Labute approximate surface area is 111 Å². The Hall–Kier alpha value is -1.32. The van der Waals surface area contributed by atoms with Crippen LogP contribution in [0.4, 0.5) is 0 Å². The lowest BCUT2D eigenvalue weighted by molar-refractivity contribution is 0.0653. The standard InChI is InChI=1S/C15H16O2S/c16-14(7-11-5-6-18-10-11)13-8-12-3-1-2-4-15(12)17-9-13/h1-6,10,13-14,16H,7-9H2. The highest BCUT2D eigenvalue weighted by molar-refractivity contribution is 7.07. The average molecular weight is 260 g/mol. The highest BCUT2D eigenvalue weighted by Gasteiger charge is 2.26. The molecule has 2 nitrogen and oxygen atoms in total. The van der Waals surface area contributed by atoms with Crippen LogP contribution >= 0.6 is 11.3 Å². The molecule has 2 atom stereocenters. The van der Waals surface area contributed by atoms with Crippen LogP contribution in [-0.4, -0.2) is 17.8 Å². The number of aliphatic hydroxyl groups is 1. The van der Waals surface area contributed by atoms with Crippen molar-refractivity contribution in [3.63, 3.8) is 0 Å². The van der Waals surface area contributed by atoms with Gasteiger partial charge in [0, 0.05) is 5.92 Å². The van der Waals surface area contributed by atoms with E-state index in [1.165, 1.54) is 11.1 Å². The Morgan fingerprint density at radius 3 is 3.06 bits per heavy atom. The van der Waals surface area contributed by atoms with Crippen LogP contribution in [0, 0.1) is 5.92 Å². The Kier molecular flexibility index (Phi) is 3.35. The van der Waals surface area contributed by atoms with E-state index in [2.05, 4.69) is 22.9 Å². The van der Waals surface area contributed by atoms with Gasteiger partial charge in [0.15, 0.2) is 0 Å². The minimum atomic E-state index is -0.326. The Bertz CT molecular complexity index is 507. The van der Waals surface area contributed by atoms with E-state index in [0.29, 0.717) is 6.61 Å². The molecular formula is C15H16O2S. The van der Waals surface area contributed by atoms with Crippen LogP contribution in [0.3, 0.4) is 0 Å². The van der Waals surface area contributed by atoms with Gasteiger partial charge in [-0.2, -0.15) is 11.3 Å². The van der Waals surface area contributed by atoms with E-state index in [1.54, 1.807) is 11.3 Å². The fourth-order valence-electron chi connectivity index (χ4n) is 2.42. The van der Waals surface area contributed by atoms with E-state index in [1.807, 2.05) is 18.2 Å². The Morgan fingerprint density at radius 1 is 1.33 bits per heavy atom. The highest BCUT2D eigenvalue weighted by Crippen LogP contribution is 2.29. The van der Waals surface area contributed by atoms with Gasteiger partial charge < -0.3 is 9.84 Å². The lowest BCUT2D eigenvalue weighted by Crippen LogP contribution is -2.32. The Morgan fingerprint density at radius 2 is 2.22 bits per heavy atom. The molecule has 0 fully saturated rings. The summed E-state index contributed by atoms with van der Waals surface area (Å²) in [5.74, 6) is 1.16. The van der Waals surface area contributed by atoms with Gasteiger partial charge in [-0.15, -0.1) is 0 Å². The molecule has 3 heteroatoms. The largest absolute Gasteiger partial charge is 0.493 e. The molecule has 0 spiro atoms. The van der Waals surface area contributed by atoms with Crippen molar-refractivity contribution in [2.24, 2.45) is 5.92 Å². The van der Waals surface area contributed by atoms with Gasteiger partial charge >= 0.3 is 0 Å². The summed E-state index contributed by atoms with van der Waals surface area (Å²) < 4.78 is 5.72. The zero-order valence-corrected chi connectivity index (χ0v) is 10.9. The van der Waals surface area contributed by atoms with Crippen molar-refractivity contribution in [2.75, 3.05) is 6.61 Å². The first-order chi connectivity index (χ1) is 8.83. The van der Waals surface area contributed by atoms with Crippen LogP contribution in [0.1, 0.15) is 11.1 Å². The van der Waals surface area contributed by atoms with Gasteiger partial charge in [-0.1, -0.05) is 18.2 Å². The number of rotatable bonds is 3. The smallest absolute Gasteiger partial charge is 0.122 e. The molecule has 0 aliphatic carbocycles. The number of thiophene rings is 1. The van der Waals surface area contributed by atoms with Crippen molar-refractivity contribution in [2.45, 2.75) is 18.9 Å². The molecule has 1 aromatic heterocycles. The maximum absolute atomic E-state index is 10.3. The topological polar surface area (TPSA) is 29.5 Å². The van der Waals surface area contributed by atoms with E-state index in [9.17, 15) is 5.11 Å². The second kappa shape index (κ2) is 5.12. The van der Waals surface area contributed by atoms with Crippen molar-refractivity contribution < 1.29 is 9.84 Å². The molecule has 2 heterocycles.